The third-order valence-corrected chi connectivity index (χ3v) is 4.89. The second-order valence-corrected chi connectivity index (χ2v) is 7.20. The lowest BCUT2D eigenvalue weighted by molar-refractivity contribution is -0.192. The van der Waals surface area contributed by atoms with Crippen molar-refractivity contribution in [1.29, 1.82) is 0 Å². The molecular weight excluding hydrogens is 385 g/mol. The molecule has 1 saturated carbocycles. The van der Waals surface area contributed by atoms with E-state index >= 15 is 0 Å². The summed E-state index contributed by atoms with van der Waals surface area (Å²) in [5.74, 6) is -1.85. The minimum absolute atomic E-state index is 0.207. The molecule has 1 atom stereocenters. The van der Waals surface area contributed by atoms with Crippen LogP contribution in [0, 0.1) is 5.92 Å². The smallest absolute Gasteiger partial charge is 0.475 e. The first kappa shape index (κ1) is 19.8. The van der Waals surface area contributed by atoms with Crippen LogP contribution < -0.4 is 5.32 Å². The molecule has 2 aliphatic rings. The molecule has 2 aromatic rings. The van der Waals surface area contributed by atoms with Crippen molar-refractivity contribution in [3.05, 3.63) is 22.5 Å². The van der Waals surface area contributed by atoms with Crippen LogP contribution in [0.1, 0.15) is 18.5 Å². The van der Waals surface area contributed by atoms with Crippen molar-refractivity contribution in [3.8, 4) is 11.3 Å². The molecule has 0 radical (unpaired) electrons. The molecule has 148 valence electrons. The molecule has 2 aromatic heterocycles. The molecule has 1 fully saturated rings. The van der Waals surface area contributed by atoms with Gasteiger partial charge in [0.2, 0.25) is 0 Å². The maximum atomic E-state index is 10.6. The number of rotatable bonds is 5. The summed E-state index contributed by atoms with van der Waals surface area (Å²) in [7, 11) is 0. The number of hydrogen-bond donors (Lipinski definition) is 2. The molecule has 0 amide bonds. The number of carboxylic acid groups (broad SMARTS) is 1. The Morgan fingerprint density at radius 2 is 2.15 bits per heavy atom. The number of nitrogens with zero attached hydrogens (tertiary/aromatic N) is 3. The fraction of sp³-hybridized carbons (Fsp3) is 0.562. The van der Waals surface area contributed by atoms with Gasteiger partial charge in [-0.15, -0.1) is 5.10 Å². The van der Waals surface area contributed by atoms with Crippen LogP contribution in [0.15, 0.2) is 16.8 Å². The van der Waals surface area contributed by atoms with Gasteiger partial charge in [0, 0.05) is 17.5 Å². The van der Waals surface area contributed by atoms with Crippen molar-refractivity contribution in [3.63, 3.8) is 0 Å². The highest BCUT2D eigenvalue weighted by Gasteiger charge is 2.38. The number of thiophene rings is 1. The molecule has 11 heteroatoms. The van der Waals surface area contributed by atoms with Crippen molar-refractivity contribution in [2.24, 2.45) is 5.92 Å². The molecule has 2 N–H and O–H groups in total. The number of hydrogen-bond acceptors (Lipinski definition) is 6. The number of aromatic nitrogens is 3. The Balaban J connectivity index is 0.000000260. The molecule has 0 spiro atoms. The van der Waals surface area contributed by atoms with Crippen LogP contribution in [0.4, 0.5) is 13.2 Å². The fourth-order valence-electron chi connectivity index (χ4n) is 2.58. The molecule has 1 aliphatic carbocycles. The lowest BCUT2D eigenvalue weighted by atomic mass is 10.2. The summed E-state index contributed by atoms with van der Waals surface area (Å²) in [6, 6.07) is 2.08. The Bertz CT molecular complexity index is 760. The average Bonchev–Trinajstić information content (AvgIpc) is 3.10. The number of alkyl halides is 3. The van der Waals surface area contributed by atoms with E-state index in [0.717, 1.165) is 42.5 Å². The quantitative estimate of drug-likeness (QED) is 0.796. The topological polar surface area (TPSA) is 89.3 Å². The fourth-order valence-corrected chi connectivity index (χ4v) is 3.22. The van der Waals surface area contributed by atoms with Crippen molar-refractivity contribution >= 4 is 17.3 Å². The van der Waals surface area contributed by atoms with Crippen LogP contribution in [0.2, 0.25) is 0 Å². The van der Waals surface area contributed by atoms with E-state index in [9.17, 15) is 13.2 Å². The molecule has 1 aliphatic heterocycles. The molecule has 3 heterocycles. The third kappa shape index (κ3) is 5.50. The molecule has 4 rings (SSSR count). The zero-order valence-corrected chi connectivity index (χ0v) is 15.1. The van der Waals surface area contributed by atoms with E-state index in [2.05, 4.69) is 32.5 Å². The Hall–Kier alpha value is -1.98. The SMILES string of the molecule is O=C(O)C(F)(F)F.c1cc(-c2nnn3c2COC(CNCC2CC2)C3)cs1. The summed E-state index contributed by atoms with van der Waals surface area (Å²) in [5, 5.41) is 23.4. The number of halogens is 3. The summed E-state index contributed by atoms with van der Waals surface area (Å²) >= 11 is 1.68. The van der Waals surface area contributed by atoms with Gasteiger partial charge >= 0.3 is 12.1 Å². The Labute approximate surface area is 157 Å². The summed E-state index contributed by atoms with van der Waals surface area (Å²) in [5.41, 5.74) is 3.21. The Morgan fingerprint density at radius 3 is 2.74 bits per heavy atom. The summed E-state index contributed by atoms with van der Waals surface area (Å²) < 4.78 is 39.7. The van der Waals surface area contributed by atoms with Gasteiger partial charge in [-0.1, -0.05) is 5.21 Å². The van der Waals surface area contributed by atoms with Crippen LogP contribution >= 0.6 is 11.3 Å². The van der Waals surface area contributed by atoms with Gasteiger partial charge in [0.25, 0.3) is 0 Å². The highest BCUT2D eigenvalue weighted by Crippen LogP contribution is 2.28. The molecule has 7 nitrogen and oxygen atoms in total. The van der Waals surface area contributed by atoms with Crippen molar-refractivity contribution < 1.29 is 27.8 Å². The number of nitrogens with one attached hydrogen (secondary N) is 1. The molecular formula is C16H19F3N4O3S. The van der Waals surface area contributed by atoms with Gasteiger partial charge in [-0.3, -0.25) is 0 Å². The van der Waals surface area contributed by atoms with Crippen molar-refractivity contribution in [1.82, 2.24) is 20.3 Å². The van der Waals surface area contributed by atoms with Crippen molar-refractivity contribution in [2.75, 3.05) is 13.1 Å². The van der Waals surface area contributed by atoms with E-state index in [0.29, 0.717) is 6.61 Å². The molecule has 27 heavy (non-hydrogen) atoms. The van der Waals surface area contributed by atoms with Gasteiger partial charge in [0.1, 0.15) is 5.69 Å². The minimum atomic E-state index is -5.08. The number of ether oxygens (including phenoxy) is 1. The Kier molecular flexibility index (Phi) is 6.12. The van der Waals surface area contributed by atoms with Gasteiger partial charge in [-0.25, -0.2) is 9.48 Å². The maximum Gasteiger partial charge on any atom is 0.490 e. The highest BCUT2D eigenvalue weighted by atomic mass is 32.1. The molecule has 0 bridgehead atoms. The first-order chi connectivity index (χ1) is 12.8. The van der Waals surface area contributed by atoms with Crippen LogP contribution in [0.25, 0.3) is 11.3 Å². The lowest BCUT2D eigenvalue weighted by Gasteiger charge is -2.24. The summed E-state index contributed by atoms with van der Waals surface area (Å²) in [4.78, 5) is 8.90. The normalized spacial score (nSPS) is 19.1. The zero-order valence-electron chi connectivity index (χ0n) is 14.3. The first-order valence-corrected chi connectivity index (χ1v) is 9.36. The van der Waals surface area contributed by atoms with Gasteiger partial charge in [0.15, 0.2) is 0 Å². The summed E-state index contributed by atoms with van der Waals surface area (Å²) in [6.45, 7) is 3.44. The second kappa shape index (κ2) is 8.36. The van der Waals surface area contributed by atoms with E-state index in [-0.39, 0.29) is 6.10 Å². The summed E-state index contributed by atoms with van der Waals surface area (Å²) in [6.07, 6.45) is -2.11. The maximum absolute atomic E-state index is 10.6. The highest BCUT2D eigenvalue weighted by molar-refractivity contribution is 7.08. The standard InChI is InChI=1S/C14H18N4OS.C2HF3O2/c1-2-10(1)5-15-6-12-7-18-13(8-19-12)14(16-17-18)11-3-4-20-9-11;3-2(4,5)1(6)7/h3-4,9-10,12,15H,1-2,5-8H2;(H,6,7). The van der Waals surface area contributed by atoms with Gasteiger partial charge < -0.3 is 15.2 Å². The third-order valence-electron chi connectivity index (χ3n) is 4.21. The van der Waals surface area contributed by atoms with E-state index in [1.807, 2.05) is 4.68 Å². The predicted octanol–water partition coefficient (Wildman–Crippen LogP) is 2.54. The number of aliphatic carboxylic acids is 1. The van der Waals surface area contributed by atoms with Crippen LogP contribution in [0.5, 0.6) is 0 Å². The van der Waals surface area contributed by atoms with Crippen LogP contribution in [-0.4, -0.2) is 51.4 Å². The van der Waals surface area contributed by atoms with Crippen molar-refractivity contribution in [2.45, 2.75) is 38.3 Å². The minimum Gasteiger partial charge on any atom is -0.475 e. The monoisotopic (exact) mass is 404 g/mol. The molecule has 0 aromatic carbocycles. The van der Waals surface area contributed by atoms with Gasteiger partial charge in [0.05, 0.1) is 24.9 Å². The largest absolute Gasteiger partial charge is 0.490 e. The predicted molar refractivity (Wildman–Crippen MR) is 91.2 cm³/mol. The van der Waals surface area contributed by atoms with E-state index < -0.39 is 12.1 Å². The average molecular weight is 404 g/mol. The zero-order chi connectivity index (χ0) is 19.4. The Morgan fingerprint density at radius 1 is 1.41 bits per heavy atom. The first-order valence-electron chi connectivity index (χ1n) is 8.42. The lowest BCUT2D eigenvalue weighted by Crippen LogP contribution is -2.37. The van der Waals surface area contributed by atoms with E-state index in [1.54, 1.807) is 11.3 Å². The number of carboxylic acids is 1. The molecule has 0 saturated heterocycles. The van der Waals surface area contributed by atoms with E-state index in [1.165, 1.54) is 12.8 Å². The number of carbonyl (C=O) groups is 1. The molecule has 1 unspecified atom stereocenters. The number of fused-ring (bicyclic) bond motifs is 1. The van der Waals surface area contributed by atoms with Gasteiger partial charge in [-0.2, -0.15) is 24.5 Å². The van der Waals surface area contributed by atoms with E-state index in [4.69, 9.17) is 14.6 Å². The van der Waals surface area contributed by atoms with Gasteiger partial charge in [-0.05, 0) is 36.8 Å². The van der Waals surface area contributed by atoms with Crippen LogP contribution in [0.3, 0.4) is 0 Å². The second-order valence-electron chi connectivity index (χ2n) is 6.42. The van der Waals surface area contributed by atoms with Crippen LogP contribution in [-0.2, 0) is 22.7 Å².